The summed E-state index contributed by atoms with van der Waals surface area (Å²) in [5, 5.41) is 2.87. The van der Waals surface area contributed by atoms with Crippen molar-refractivity contribution in [2.45, 2.75) is 19.1 Å². The lowest BCUT2D eigenvalue weighted by molar-refractivity contribution is -0.141. The predicted molar refractivity (Wildman–Crippen MR) is 95.5 cm³/mol. The Kier molecular flexibility index (Phi) is 5.31. The number of carbonyl (C=O) groups excluding carboxylic acids is 1. The van der Waals surface area contributed by atoms with Crippen molar-refractivity contribution in [2.75, 3.05) is 36.9 Å². The molecule has 1 aromatic carbocycles. The van der Waals surface area contributed by atoms with E-state index in [1.807, 2.05) is 43.1 Å². The van der Waals surface area contributed by atoms with Gasteiger partial charge in [-0.1, -0.05) is 18.2 Å². The molecule has 6 nitrogen and oxygen atoms in total. The van der Waals surface area contributed by atoms with E-state index in [1.54, 1.807) is 4.90 Å². The van der Waals surface area contributed by atoms with Crippen LogP contribution in [0.15, 0.2) is 36.7 Å². The van der Waals surface area contributed by atoms with Gasteiger partial charge in [0, 0.05) is 30.9 Å². The van der Waals surface area contributed by atoms with E-state index in [1.165, 1.54) is 0 Å². The number of benzene rings is 1. The maximum Gasteiger partial charge on any atom is 0.433 e. The van der Waals surface area contributed by atoms with Gasteiger partial charge in [-0.05, 0) is 25.6 Å². The van der Waals surface area contributed by atoms with Crippen LogP contribution in [0.4, 0.5) is 24.7 Å². The van der Waals surface area contributed by atoms with Crippen molar-refractivity contribution >= 4 is 17.4 Å². The first kappa shape index (κ1) is 19.1. The molecule has 1 aromatic heterocycles. The SMILES string of the molecule is Cc1ccccc1NC(=O)CN(C)C1CN(c2cc(C(F)(F)F)ncn2)C1. The molecule has 1 N–H and O–H groups in total. The van der Waals surface area contributed by atoms with Crippen molar-refractivity contribution in [1.29, 1.82) is 0 Å². The monoisotopic (exact) mass is 379 g/mol. The fraction of sp³-hybridized carbons (Fsp3) is 0.389. The van der Waals surface area contributed by atoms with Crippen LogP contribution in [0.3, 0.4) is 0 Å². The molecule has 1 saturated heterocycles. The number of aromatic nitrogens is 2. The molecule has 144 valence electrons. The van der Waals surface area contributed by atoms with Gasteiger partial charge in [0.05, 0.1) is 6.54 Å². The molecule has 27 heavy (non-hydrogen) atoms. The van der Waals surface area contributed by atoms with Crippen LogP contribution in [0.25, 0.3) is 0 Å². The van der Waals surface area contributed by atoms with Crippen LogP contribution in [0.1, 0.15) is 11.3 Å². The molecule has 1 aliphatic heterocycles. The highest BCUT2D eigenvalue weighted by molar-refractivity contribution is 5.92. The zero-order valence-electron chi connectivity index (χ0n) is 15.0. The maximum atomic E-state index is 12.7. The number of nitrogens with one attached hydrogen (secondary N) is 1. The highest BCUT2D eigenvalue weighted by Crippen LogP contribution is 2.30. The summed E-state index contributed by atoms with van der Waals surface area (Å²) in [4.78, 5) is 23.0. The Morgan fingerprint density at radius 2 is 2.00 bits per heavy atom. The van der Waals surface area contributed by atoms with Crippen LogP contribution in [-0.2, 0) is 11.0 Å². The Bertz CT molecular complexity index is 821. The average molecular weight is 379 g/mol. The zero-order valence-corrected chi connectivity index (χ0v) is 15.0. The first-order valence-corrected chi connectivity index (χ1v) is 8.44. The van der Waals surface area contributed by atoms with Crippen molar-refractivity contribution in [3.63, 3.8) is 0 Å². The van der Waals surface area contributed by atoms with Crippen molar-refractivity contribution in [3.05, 3.63) is 47.9 Å². The molecule has 3 rings (SSSR count). The molecule has 0 bridgehead atoms. The lowest BCUT2D eigenvalue weighted by Gasteiger charge is -2.44. The van der Waals surface area contributed by atoms with Gasteiger partial charge < -0.3 is 10.2 Å². The fourth-order valence-electron chi connectivity index (χ4n) is 2.85. The number of halogens is 3. The molecule has 0 saturated carbocycles. The molecule has 0 radical (unpaired) electrons. The van der Waals surface area contributed by atoms with Gasteiger partial charge in [-0.2, -0.15) is 13.2 Å². The number of nitrogens with zero attached hydrogens (tertiary/aromatic N) is 4. The molecule has 0 spiro atoms. The Morgan fingerprint density at radius 1 is 1.30 bits per heavy atom. The Morgan fingerprint density at radius 3 is 2.67 bits per heavy atom. The second-order valence-corrected chi connectivity index (χ2v) is 6.60. The smallest absolute Gasteiger partial charge is 0.353 e. The van der Waals surface area contributed by atoms with Crippen LogP contribution in [0, 0.1) is 6.92 Å². The van der Waals surface area contributed by atoms with E-state index in [0.717, 1.165) is 23.6 Å². The standard InChI is InChI=1S/C18H20F3N5O/c1-12-5-3-4-6-14(12)24-17(27)10-25(2)13-8-26(9-13)16-7-15(18(19,20)21)22-11-23-16/h3-7,11,13H,8-10H2,1-2H3,(H,24,27). The van der Waals surface area contributed by atoms with Gasteiger partial charge in [0.1, 0.15) is 17.8 Å². The molecule has 1 fully saturated rings. The molecule has 2 heterocycles. The lowest BCUT2D eigenvalue weighted by Crippen LogP contribution is -2.59. The molecule has 0 aliphatic carbocycles. The Hall–Kier alpha value is -2.68. The molecule has 0 atom stereocenters. The number of alkyl halides is 3. The second-order valence-electron chi connectivity index (χ2n) is 6.60. The highest BCUT2D eigenvalue weighted by atomic mass is 19.4. The first-order chi connectivity index (χ1) is 12.7. The minimum atomic E-state index is -4.49. The largest absolute Gasteiger partial charge is 0.433 e. The van der Waals surface area contributed by atoms with Gasteiger partial charge in [0.25, 0.3) is 0 Å². The zero-order chi connectivity index (χ0) is 19.6. The molecular formula is C18H20F3N5O. The van der Waals surface area contributed by atoms with Crippen molar-refractivity contribution in [2.24, 2.45) is 0 Å². The van der Waals surface area contributed by atoms with Gasteiger partial charge >= 0.3 is 6.18 Å². The number of para-hydroxylation sites is 1. The van der Waals surface area contributed by atoms with E-state index in [0.29, 0.717) is 13.1 Å². The first-order valence-electron chi connectivity index (χ1n) is 8.44. The summed E-state index contributed by atoms with van der Waals surface area (Å²) in [5.41, 5.74) is 0.793. The summed E-state index contributed by atoms with van der Waals surface area (Å²) in [6.45, 7) is 3.12. The number of anilines is 2. The predicted octanol–water partition coefficient (Wildman–Crippen LogP) is 2.56. The summed E-state index contributed by atoms with van der Waals surface area (Å²) < 4.78 is 38.2. The number of likely N-dealkylation sites (N-methyl/N-ethyl adjacent to an activating group) is 1. The third-order valence-corrected chi connectivity index (χ3v) is 4.56. The van der Waals surface area contributed by atoms with Gasteiger partial charge in [0.15, 0.2) is 0 Å². The fourth-order valence-corrected chi connectivity index (χ4v) is 2.85. The van der Waals surface area contributed by atoms with Crippen molar-refractivity contribution in [1.82, 2.24) is 14.9 Å². The number of hydrogen-bond acceptors (Lipinski definition) is 5. The molecule has 0 unspecified atom stereocenters. The summed E-state index contributed by atoms with van der Waals surface area (Å²) >= 11 is 0. The number of hydrogen-bond donors (Lipinski definition) is 1. The third kappa shape index (κ3) is 4.54. The van der Waals surface area contributed by atoms with Gasteiger partial charge in [-0.15, -0.1) is 0 Å². The van der Waals surface area contributed by atoms with Gasteiger partial charge in [-0.25, -0.2) is 9.97 Å². The topological polar surface area (TPSA) is 61.4 Å². The lowest BCUT2D eigenvalue weighted by atomic mass is 10.1. The van der Waals surface area contributed by atoms with Crippen LogP contribution >= 0.6 is 0 Å². The highest BCUT2D eigenvalue weighted by Gasteiger charge is 2.36. The van der Waals surface area contributed by atoms with E-state index in [9.17, 15) is 18.0 Å². The Balaban J connectivity index is 1.52. The maximum absolute atomic E-state index is 12.7. The van der Waals surface area contributed by atoms with Crippen molar-refractivity contribution < 1.29 is 18.0 Å². The van der Waals surface area contributed by atoms with Gasteiger partial charge in [-0.3, -0.25) is 9.69 Å². The molecular weight excluding hydrogens is 359 g/mol. The summed E-state index contributed by atoms with van der Waals surface area (Å²) in [7, 11) is 1.82. The number of aryl methyl sites for hydroxylation is 1. The summed E-state index contributed by atoms with van der Waals surface area (Å²) in [6.07, 6.45) is -3.57. The Labute approximate surface area is 155 Å². The van der Waals surface area contributed by atoms with E-state index < -0.39 is 11.9 Å². The quantitative estimate of drug-likeness (QED) is 0.865. The van der Waals surface area contributed by atoms with E-state index in [4.69, 9.17) is 0 Å². The number of carbonyl (C=O) groups is 1. The normalized spacial score (nSPS) is 15.0. The van der Waals surface area contributed by atoms with Crippen LogP contribution in [0.2, 0.25) is 0 Å². The summed E-state index contributed by atoms with van der Waals surface area (Å²) in [6, 6.07) is 8.52. The minimum Gasteiger partial charge on any atom is -0.353 e. The van der Waals surface area contributed by atoms with E-state index >= 15 is 0 Å². The molecule has 9 heteroatoms. The second kappa shape index (κ2) is 7.51. The molecule has 1 amide bonds. The van der Waals surface area contributed by atoms with Gasteiger partial charge in [0.2, 0.25) is 5.91 Å². The van der Waals surface area contributed by atoms with Crippen molar-refractivity contribution in [3.8, 4) is 0 Å². The molecule has 2 aromatic rings. The van der Waals surface area contributed by atoms with Crippen LogP contribution < -0.4 is 10.2 Å². The minimum absolute atomic E-state index is 0.0666. The number of rotatable bonds is 5. The van der Waals surface area contributed by atoms with Crippen LogP contribution in [-0.4, -0.2) is 53.5 Å². The van der Waals surface area contributed by atoms with E-state index in [-0.39, 0.29) is 24.3 Å². The third-order valence-electron chi connectivity index (χ3n) is 4.56. The number of amides is 1. The van der Waals surface area contributed by atoms with Crippen LogP contribution in [0.5, 0.6) is 0 Å². The summed E-state index contributed by atoms with van der Waals surface area (Å²) in [5.74, 6) is 0.109. The molecule has 1 aliphatic rings. The average Bonchev–Trinajstić information content (AvgIpc) is 2.55. The van der Waals surface area contributed by atoms with E-state index in [2.05, 4.69) is 15.3 Å².